The van der Waals surface area contributed by atoms with Crippen LogP contribution in [-0.4, -0.2) is 45.3 Å². The second kappa shape index (κ2) is 9.21. The van der Waals surface area contributed by atoms with Gasteiger partial charge in [-0.15, -0.1) is 5.10 Å². The number of halogens is 3. The van der Waals surface area contributed by atoms with Crippen molar-refractivity contribution in [1.29, 1.82) is 0 Å². The van der Waals surface area contributed by atoms with Gasteiger partial charge in [-0.2, -0.15) is 18.3 Å². The van der Waals surface area contributed by atoms with Crippen LogP contribution in [0.1, 0.15) is 22.3 Å². The van der Waals surface area contributed by atoms with E-state index in [9.17, 15) is 27.6 Å². The molecule has 1 fully saturated rings. The number of hydrogen-bond donors (Lipinski definition) is 0. The molecule has 1 aliphatic rings. The Bertz CT molecular complexity index is 1250. The Morgan fingerprint density at radius 2 is 1.76 bits per heavy atom. The summed E-state index contributed by atoms with van der Waals surface area (Å²) in [6.07, 6.45) is -3.26. The number of ether oxygens (including phenoxy) is 1. The molecule has 34 heavy (non-hydrogen) atoms. The van der Waals surface area contributed by atoms with Gasteiger partial charge in [0.15, 0.2) is 0 Å². The van der Waals surface area contributed by atoms with Crippen molar-refractivity contribution in [2.45, 2.75) is 23.0 Å². The predicted molar refractivity (Wildman–Crippen MR) is 115 cm³/mol. The molecule has 3 aromatic rings. The molecule has 0 bridgehead atoms. The van der Waals surface area contributed by atoms with Crippen molar-refractivity contribution < 1.29 is 32.3 Å². The van der Waals surface area contributed by atoms with Crippen LogP contribution in [0.25, 0.3) is 11.3 Å². The van der Waals surface area contributed by atoms with Gasteiger partial charge < -0.3 is 4.74 Å². The lowest BCUT2D eigenvalue weighted by Gasteiger charge is -2.15. The van der Waals surface area contributed by atoms with Crippen molar-refractivity contribution in [2.24, 2.45) is 0 Å². The van der Waals surface area contributed by atoms with Crippen molar-refractivity contribution in [1.82, 2.24) is 15.2 Å². The summed E-state index contributed by atoms with van der Waals surface area (Å²) in [6, 6.07) is 10.2. The van der Waals surface area contributed by atoms with E-state index < -0.39 is 34.8 Å². The molecule has 2 aromatic carbocycles. The number of aromatic nitrogens is 3. The highest BCUT2D eigenvalue weighted by atomic mass is 32.2. The Balaban J connectivity index is 1.50. The number of rotatable bonds is 5. The van der Waals surface area contributed by atoms with Gasteiger partial charge in [-0.3, -0.25) is 9.59 Å². The average Bonchev–Trinajstić information content (AvgIpc) is 3.11. The van der Waals surface area contributed by atoms with E-state index in [1.54, 1.807) is 0 Å². The molecule has 2 heterocycles. The monoisotopic (exact) mass is 488 g/mol. The van der Waals surface area contributed by atoms with E-state index in [4.69, 9.17) is 0 Å². The molecule has 2 amide bonds. The number of carbonyl (C=O) groups is 3. The highest BCUT2D eigenvalue weighted by Gasteiger charge is 2.41. The van der Waals surface area contributed by atoms with Crippen molar-refractivity contribution >= 4 is 35.2 Å². The van der Waals surface area contributed by atoms with Gasteiger partial charge in [-0.25, -0.2) is 14.7 Å². The molecule has 4 rings (SSSR count). The molecular weight excluding hydrogens is 473 g/mol. The molecule has 1 atom stereocenters. The molecule has 0 spiro atoms. The van der Waals surface area contributed by atoms with Gasteiger partial charge in [0.1, 0.15) is 5.25 Å². The maximum atomic E-state index is 12.9. The van der Waals surface area contributed by atoms with Crippen molar-refractivity contribution in [3.8, 4) is 11.3 Å². The second-order valence-corrected chi connectivity index (χ2v) is 8.29. The molecule has 12 heteroatoms. The van der Waals surface area contributed by atoms with Gasteiger partial charge in [0.25, 0.3) is 0 Å². The summed E-state index contributed by atoms with van der Waals surface area (Å²) in [5.41, 5.74) is 0.464. The largest absolute Gasteiger partial charge is 0.465 e. The first-order valence-corrected chi connectivity index (χ1v) is 10.6. The number of imide groups is 1. The average molecular weight is 488 g/mol. The Morgan fingerprint density at radius 1 is 1.09 bits per heavy atom. The van der Waals surface area contributed by atoms with Crippen LogP contribution in [0.4, 0.5) is 18.9 Å². The van der Waals surface area contributed by atoms with E-state index in [1.165, 1.54) is 49.7 Å². The second-order valence-electron chi connectivity index (χ2n) is 7.12. The van der Waals surface area contributed by atoms with Gasteiger partial charge in [0.2, 0.25) is 17.0 Å². The maximum absolute atomic E-state index is 12.9. The highest BCUT2D eigenvalue weighted by molar-refractivity contribution is 8.00. The van der Waals surface area contributed by atoms with E-state index >= 15 is 0 Å². The fourth-order valence-corrected chi connectivity index (χ4v) is 4.20. The molecule has 0 radical (unpaired) electrons. The van der Waals surface area contributed by atoms with Crippen LogP contribution < -0.4 is 4.90 Å². The minimum Gasteiger partial charge on any atom is -0.465 e. The zero-order valence-electron chi connectivity index (χ0n) is 17.4. The van der Waals surface area contributed by atoms with Crippen molar-refractivity contribution in [2.75, 3.05) is 12.0 Å². The molecule has 1 unspecified atom stereocenters. The molecule has 8 nitrogen and oxygen atoms in total. The lowest BCUT2D eigenvalue weighted by Crippen LogP contribution is -2.31. The van der Waals surface area contributed by atoms with Crippen LogP contribution in [0, 0.1) is 0 Å². The third-order valence-electron chi connectivity index (χ3n) is 4.95. The van der Waals surface area contributed by atoms with Crippen LogP contribution in [0.5, 0.6) is 0 Å². The molecule has 0 aliphatic carbocycles. The molecule has 0 N–H and O–H groups in total. The molecule has 1 aromatic heterocycles. The fraction of sp³-hybridized carbons (Fsp3) is 0.182. The molecule has 0 saturated carbocycles. The van der Waals surface area contributed by atoms with E-state index in [0.29, 0.717) is 11.3 Å². The number of thioether (sulfide) groups is 1. The lowest BCUT2D eigenvalue weighted by molar-refractivity contribution is -0.137. The number of esters is 1. The first kappa shape index (κ1) is 23.4. The number of hydrogen-bond acceptors (Lipinski definition) is 8. The van der Waals surface area contributed by atoms with Crippen LogP contribution in [0.15, 0.2) is 59.9 Å². The predicted octanol–water partition coefficient (Wildman–Crippen LogP) is 3.77. The number of carbonyl (C=O) groups excluding carboxylic acids is 3. The number of benzene rings is 2. The quantitative estimate of drug-likeness (QED) is 0.395. The van der Waals surface area contributed by atoms with Crippen LogP contribution in [0.2, 0.25) is 0 Å². The zero-order valence-corrected chi connectivity index (χ0v) is 18.3. The van der Waals surface area contributed by atoms with Crippen LogP contribution >= 0.6 is 11.8 Å². The summed E-state index contributed by atoms with van der Waals surface area (Å²) in [6.45, 7) is 0. The standard InChI is InChI=1S/C22H15F3N4O4S/c1-33-20(32)13-4-8-15(9-5-13)29-18(30)10-17(19(29)31)34-21-27-16(11-26-28-21)12-2-6-14(7-3-12)22(23,24)25/h2-9,11,17H,10H2,1H3. The van der Waals surface area contributed by atoms with Gasteiger partial charge in [-0.05, 0) is 36.4 Å². The topological polar surface area (TPSA) is 102 Å². The van der Waals surface area contributed by atoms with Gasteiger partial charge in [0, 0.05) is 12.0 Å². The SMILES string of the molecule is COC(=O)c1ccc(N2C(=O)CC(Sc3nncc(-c4ccc(C(F)(F)F)cc4)n3)C2=O)cc1. The summed E-state index contributed by atoms with van der Waals surface area (Å²) in [5.74, 6) is -1.46. The number of amides is 2. The Morgan fingerprint density at radius 3 is 2.38 bits per heavy atom. The number of methoxy groups -OCH3 is 1. The van der Waals surface area contributed by atoms with E-state index in [-0.39, 0.29) is 22.8 Å². The molecule has 174 valence electrons. The Kier molecular flexibility index (Phi) is 6.33. The summed E-state index contributed by atoms with van der Waals surface area (Å²) in [7, 11) is 1.25. The fourth-order valence-electron chi connectivity index (χ4n) is 3.27. The van der Waals surface area contributed by atoms with Crippen molar-refractivity contribution in [3.05, 3.63) is 65.9 Å². The molecule has 1 aliphatic heterocycles. The normalized spacial score (nSPS) is 16.1. The summed E-state index contributed by atoms with van der Waals surface area (Å²) < 4.78 is 43.0. The number of nitrogens with zero attached hydrogens (tertiary/aromatic N) is 4. The molecule has 1 saturated heterocycles. The Hall–Kier alpha value is -3.80. The summed E-state index contributed by atoms with van der Waals surface area (Å²) in [5, 5.41) is 6.99. The third-order valence-corrected chi connectivity index (χ3v) is 5.98. The van der Waals surface area contributed by atoms with E-state index in [0.717, 1.165) is 28.8 Å². The Labute approximate surface area is 195 Å². The smallest absolute Gasteiger partial charge is 0.416 e. The first-order chi connectivity index (χ1) is 16.2. The highest BCUT2D eigenvalue weighted by Crippen LogP contribution is 2.34. The third kappa shape index (κ3) is 4.76. The van der Waals surface area contributed by atoms with Crippen LogP contribution in [-0.2, 0) is 20.5 Å². The van der Waals surface area contributed by atoms with Gasteiger partial charge in [0.05, 0.1) is 35.8 Å². The van der Waals surface area contributed by atoms with Gasteiger partial charge >= 0.3 is 12.1 Å². The minimum atomic E-state index is -4.45. The number of anilines is 1. The van der Waals surface area contributed by atoms with E-state index in [1.807, 2.05) is 0 Å². The first-order valence-electron chi connectivity index (χ1n) is 9.76. The maximum Gasteiger partial charge on any atom is 0.416 e. The lowest BCUT2D eigenvalue weighted by atomic mass is 10.1. The van der Waals surface area contributed by atoms with Crippen molar-refractivity contribution in [3.63, 3.8) is 0 Å². The minimum absolute atomic E-state index is 0.101. The van der Waals surface area contributed by atoms with Crippen LogP contribution in [0.3, 0.4) is 0 Å². The summed E-state index contributed by atoms with van der Waals surface area (Å²) in [4.78, 5) is 42.3. The summed E-state index contributed by atoms with van der Waals surface area (Å²) >= 11 is 0.939. The number of alkyl halides is 3. The zero-order chi connectivity index (χ0) is 24.5. The van der Waals surface area contributed by atoms with E-state index in [2.05, 4.69) is 19.9 Å². The van der Waals surface area contributed by atoms with Gasteiger partial charge in [-0.1, -0.05) is 23.9 Å². The molecular formula is C22H15F3N4O4S.